The van der Waals surface area contributed by atoms with Gasteiger partial charge in [0.15, 0.2) is 6.10 Å². The molecule has 1 amide bonds. The summed E-state index contributed by atoms with van der Waals surface area (Å²) in [6.07, 6.45) is -1.03. The zero-order chi connectivity index (χ0) is 20.8. The van der Waals surface area contributed by atoms with Crippen LogP contribution in [0.5, 0.6) is 5.75 Å². The lowest BCUT2D eigenvalue weighted by Crippen LogP contribution is -2.37. The third kappa shape index (κ3) is 5.91. The first kappa shape index (κ1) is 22.9. The van der Waals surface area contributed by atoms with E-state index >= 15 is 0 Å². The predicted octanol–water partition coefficient (Wildman–Crippen LogP) is 1.19. The number of esters is 1. The average molecular weight is 402 g/mol. The second kappa shape index (κ2) is 9.67. The molecule has 0 saturated heterocycles. The van der Waals surface area contributed by atoms with Crippen LogP contribution in [0.2, 0.25) is 0 Å². The van der Waals surface area contributed by atoms with Crippen LogP contribution in [0.4, 0.5) is 0 Å². The molecule has 1 N–H and O–H groups in total. The number of benzene rings is 1. The van der Waals surface area contributed by atoms with Crippen molar-refractivity contribution in [1.82, 2.24) is 9.79 Å². The molecule has 0 unspecified atom stereocenters. The number of ether oxygens (including phenoxy) is 2. The minimum absolute atomic E-state index is 0.0395. The Morgan fingerprint density at radius 1 is 1.19 bits per heavy atom. The van der Waals surface area contributed by atoms with Gasteiger partial charge in [-0.15, -0.1) is 0 Å². The summed E-state index contributed by atoms with van der Waals surface area (Å²) in [6.45, 7) is 5.77. The third-order valence-corrected chi connectivity index (χ3v) is 5.31. The number of rotatable bonds is 9. The highest BCUT2D eigenvalue weighted by Gasteiger charge is 2.27. The van der Waals surface area contributed by atoms with Gasteiger partial charge in [-0.05, 0) is 31.0 Å². The summed E-state index contributed by atoms with van der Waals surface area (Å²) in [5.41, 5.74) is -0.0395. The van der Waals surface area contributed by atoms with Crippen LogP contribution in [-0.4, -0.2) is 58.7 Å². The molecule has 0 saturated carbocycles. The fourth-order valence-electron chi connectivity index (χ4n) is 1.97. The van der Waals surface area contributed by atoms with Gasteiger partial charge < -0.3 is 14.8 Å². The number of hydroxylamine groups is 1. The van der Waals surface area contributed by atoms with Crippen molar-refractivity contribution in [2.45, 2.75) is 31.8 Å². The monoisotopic (exact) mass is 402 g/mol. The van der Waals surface area contributed by atoms with Crippen LogP contribution in [0.25, 0.3) is 0 Å². The molecule has 0 aliphatic carbocycles. The first-order chi connectivity index (χ1) is 12.5. The highest BCUT2D eigenvalue weighted by atomic mass is 32.2. The fourth-order valence-corrected chi connectivity index (χ4v) is 3.13. The molecule has 0 bridgehead atoms. The molecule has 1 atom stereocenters. The van der Waals surface area contributed by atoms with Gasteiger partial charge in [0, 0.05) is 13.6 Å². The zero-order valence-corrected chi connectivity index (χ0v) is 17.1. The highest BCUT2D eigenvalue weighted by Crippen LogP contribution is 2.27. The van der Waals surface area contributed by atoms with E-state index in [0.717, 1.165) is 6.07 Å². The minimum atomic E-state index is -4.05. The molecule has 1 rings (SSSR count). The Balaban J connectivity index is 3.05. The lowest BCUT2D eigenvalue weighted by atomic mass is 10.2. The Morgan fingerprint density at radius 2 is 1.81 bits per heavy atom. The van der Waals surface area contributed by atoms with Crippen molar-refractivity contribution < 1.29 is 32.3 Å². The summed E-state index contributed by atoms with van der Waals surface area (Å²) in [5.74, 6) is -0.971. The van der Waals surface area contributed by atoms with Gasteiger partial charge in [0.2, 0.25) is 0 Å². The number of sulfonamides is 1. The number of nitrogens with zero attached hydrogens (tertiary/aromatic N) is 1. The van der Waals surface area contributed by atoms with E-state index < -0.39 is 28.0 Å². The Kier molecular flexibility index (Phi) is 8.20. The van der Waals surface area contributed by atoms with Gasteiger partial charge >= 0.3 is 5.97 Å². The molecule has 0 aliphatic rings. The molecule has 0 aromatic heterocycles. The van der Waals surface area contributed by atoms with Gasteiger partial charge in [-0.3, -0.25) is 9.63 Å². The molecule has 1 aromatic carbocycles. The molecule has 1 aromatic rings. The van der Waals surface area contributed by atoms with Crippen molar-refractivity contribution in [1.29, 1.82) is 0 Å². The zero-order valence-electron chi connectivity index (χ0n) is 16.3. The first-order valence-corrected chi connectivity index (χ1v) is 9.68. The number of carbonyl (C=O) groups excluding carboxylic acids is 2. The smallest absolute Gasteiger partial charge is 0.338 e. The van der Waals surface area contributed by atoms with Gasteiger partial charge in [-0.2, -0.15) is 0 Å². The van der Waals surface area contributed by atoms with E-state index in [0.29, 0.717) is 11.0 Å². The maximum absolute atomic E-state index is 12.5. The number of carbonyl (C=O) groups is 2. The second-order valence-corrected chi connectivity index (χ2v) is 8.05. The number of methoxy groups -OCH3 is 1. The van der Waals surface area contributed by atoms with Crippen LogP contribution in [0, 0.1) is 5.92 Å². The molecule has 152 valence electrons. The van der Waals surface area contributed by atoms with Crippen LogP contribution in [-0.2, 0) is 24.4 Å². The SMILES string of the molecule is COc1ccc(C(=O)O[C@@H](C)C(=O)NCC(C)C)cc1S(=O)(=O)N(C)OC. The second-order valence-electron chi connectivity index (χ2n) is 6.15. The number of amides is 1. The predicted molar refractivity (Wildman–Crippen MR) is 97.7 cm³/mol. The standard InChI is InChI=1S/C17H26N2O7S/c1-11(2)10-18-16(20)12(3)26-17(21)13-7-8-14(24-5)15(9-13)27(22,23)19(4)25-6/h7-9,11-12H,10H2,1-6H3,(H,18,20)/t12-/m0/s1. The number of hydrogen-bond acceptors (Lipinski definition) is 7. The Labute approximate surface area is 159 Å². The normalized spacial score (nSPS) is 12.7. The third-order valence-electron chi connectivity index (χ3n) is 3.61. The number of nitrogens with one attached hydrogen (secondary N) is 1. The molecule has 10 heteroatoms. The van der Waals surface area contributed by atoms with Crippen molar-refractivity contribution in [2.24, 2.45) is 5.92 Å². The van der Waals surface area contributed by atoms with Crippen molar-refractivity contribution in [3.63, 3.8) is 0 Å². The topological polar surface area (TPSA) is 111 Å². The lowest BCUT2D eigenvalue weighted by molar-refractivity contribution is -0.129. The molecule has 9 nitrogen and oxygen atoms in total. The van der Waals surface area contributed by atoms with Crippen LogP contribution >= 0.6 is 0 Å². The van der Waals surface area contributed by atoms with E-state index in [1.54, 1.807) is 0 Å². The molecule has 0 aliphatic heterocycles. The van der Waals surface area contributed by atoms with E-state index in [1.807, 2.05) is 13.8 Å². The quantitative estimate of drug-likeness (QED) is 0.488. The van der Waals surface area contributed by atoms with Crippen molar-refractivity contribution in [3.05, 3.63) is 23.8 Å². The Hall–Kier alpha value is -2.17. The molecule has 0 spiro atoms. The Bertz CT molecular complexity index is 777. The first-order valence-electron chi connectivity index (χ1n) is 8.24. The van der Waals surface area contributed by atoms with Crippen LogP contribution in [0.1, 0.15) is 31.1 Å². The van der Waals surface area contributed by atoms with Crippen molar-refractivity contribution >= 4 is 21.9 Å². The lowest BCUT2D eigenvalue weighted by Gasteiger charge is -2.18. The van der Waals surface area contributed by atoms with E-state index in [1.165, 1.54) is 40.3 Å². The summed E-state index contributed by atoms with van der Waals surface area (Å²) in [7, 11) is -0.343. The molecule has 27 heavy (non-hydrogen) atoms. The van der Waals surface area contributed by atoms with Crippen LogP contribution in [0.3, 0.4) is 0 Å². The van der Waals surface area contributed by atoms with Gasteiger partial charge in [0.1, 0.15) is 10.6 Å². The van der Waals surface area contributed by atoms with Gasteiger partial charge in [-0.25, -0.2) is 13.2 Å². The maximum atomic E-state index is 12.5. The van der Waals surface area contributed by atoms with Gasteiger partial charge in [0.25, 0.3) is 15.9 Å². The number of hydrogen-bond donors (Lipinski definition) is 1. The highest BCUT2D eigenvalue weighted by molar-refractivity contribution is 7.89. The summed E-state index contributed by atoms with van der Waals surface area (Å²) in [5, 5.41) is 2.66. The summed E-state index contributed by atoms with van der Waals surface area (Å²) in [6, 6.07) is 3.80. The van der Waals surface area contributed by atoms with Crippen molar-refractivity contribution in [2.75, 3.05) is 27.8 Å². The molecular weight excluding hydrogens is 376 g/mol. The van der Waals surface area contributed by atoms with E-state index in [4.69, 9.17) is 14.3 Å². The fraction of sp³-hybridized carbons (Fsp3) is 0.529. The van der Waals surface area contributed by atoms with Crippen LogP contribution in [0.15, 0.2) is 23.1 Å². The molecular formula is C17H26N2O7S. The van der Waals surface area contributed by atoms with Crippen molar-refractivity contribution in [3.8, 4) is 5.75 Å². The Morgan fingerprint density at radius 3 is 2.33 bits per heavy atom. The molecule has 0 radical (unpaired) electrons. The minimum Gasteiger partial charge on any atom is -0.495 e. The van der Waals surface area contributed by atoms with Gasteiger partial charge in [-0.1, -0.05) is 18.3 Å². The molecule has 0 fully saturated rings. The van der Waals surface area contributed by atoms with Crippen LogP contribution < -0.4 is 10.1 Å². The molecule has 0 heterocycles. The average Bonchev–Trinajstić information content (AvgIpc) is 2.64. The van der Waals surface area contributed by atoms with E-state index in [2.05, 4.69) is 5.32 Å². The maximum Gasteiger partial charge on any atom is 0.338 e. The summed E-state index contributed by atoms with van der Waals surface area (Å²) in [4.78, 5) is 28.7. The largest absolute Gasteiger partial charge is 0.495 e. The van der Waals surface area contributed by atoms with E-state index in [9.17, 15) is 18.0 Å². The van der Waals surface area contributed by atoms with E-state index in [-0.39, 0.29) is 22.1 Å². The summed E-state index contributed by atoms with van der Waals surface area (Å²) >= 11 is 0. The van der Waals surface area contributed by atoms with Gasteiger partial charge in [0.05, 0.1) is 19.8 Å². The summed E-state index contributed by atoms with van der Waals surface area (Å²) < 4.78 is 35.8.